The van der Waals surface area contributed by atoms with E-state index in [2.05, 4.69) is 43.3 Å². The maximum absolute atomic E-state index is 11.2. The monoisotopic (exact) mass is 355 g/mol. The molecule has 0 amide bonds. The number of rotatable bonds is 1. The molecule has 0 aromatic heterocycles. The summed E-state index contributed by atoms with van der Waals surface area (Å²) in [7, 11) is 1.33. The van der Waals surface area contributed by atoms with Gasteiger partial charge in [0.05, 0.1) is 12.7 Å². The highest BCUT2D eigenvalue weighted by Crippen LogP contribution is 2.25. The van der Waals surface area contributed by atoms with Crippen LogP contribution in [-0.2, 0) is 4.74 Å². The van der Waals surface area contributed by atoms with Crippen LogP contribution in [0, 0.1) is 3.57 Å². The van der Waals surface area contributed by atoms with Crippen molar-refractivity contribution in [3.63, 3.8) is 0 Å². The molecule has 1 aromatic rings. The number of benzene rings is 1. The largest absolute Gasteiger partial charge is 0.465 e. The molecule has 0 saturated heterocycles. The molecule has 0 atom stereocenters. The summed E-state index contributed by atoms with van der Waals surface area (Å²) >= 11 is 5.43. The molecular weight excluding hydrogens is 349 g/mol. The van der Waals surface area contributed by atoms with Gasteiger partial charge in [-0.05, 0) is 50.7 Å². The van der Waals surface area contributed by atoms with Gasteiger partial charge in [0.25, 0.3) is 0 Å². The number of halogens is 2. The lowest BCUT2D eigenvalue weighted by Crippen LogP contribution is -2.05. The highest BCUT2D eigenvalue weighted by Gasteiger charge is 2.11. The number of nitrogens with two attached hydrogens (primary N) is 1. The third-order valence-corrected chi connectivity index (χ3v) is 3.79. The molecule has 0 unspecified atom stereocenters. The van der Waals surface area contributed by atoms with Crippen molar-refractivity contribution in [3.8, 4) is 0 Å². The van der Waals surface area contributed by atoms with Crippen molar-refractivity contribution < 1.29 is 9.53 Å². The van der Waals surface area contributed by atoms with E-state index in [0.29, 0.717) is 11.3 Å². The second kappa shape index (κ2) is 4.28. The molecule has 5 heteroatoms. The highest BCUT2D eigenvalue weighted by molar-refractivity contribution is 14.1. The maximum Gasteiger partial charge on any atom is 0.339 e. The van der Waals surface area contributed by atoms with Gasteiger partial charge in [0.2, 0.25) is 0 Å². The van der Waals surface area contributed by atoms with Crippen LogP contribution < -0.4 is 5.73 Å². The first-order chi connectivity index (χ1) is 6.06. The van der Waals surface area contributed by atoms with E-state index in [-0.39, 0.29) is 0 Å². The molecule has 0 fully saturated rings. The number of hydrogen-bond donors (Lipinski definition) is 1. The number of methoxy groups -OCH3 is 1. The number of anilines is 1. The van der Waals surface area contributed by atoms with E-state index >= 15 is 0 Å². The standard InChI is InChI=1S/C8H7BrINO2/c1-13-8(12)4-2-5(9)6(10)3-7(4)11/h2-3H,11H2,1H3. The Morgan fingerprint density at radius 3 is 2.77 bits per heavy atom. The Kier molecular flexibility index (Phi) is 3.55. The Morgan fingerprint density at radius 1 is 1.62 bits per heavy atom. The average molecular weight is 356 g/mol. The number of esters is 1. The van der Waals surface area contributed by atoms with Crippen molar-refractivity contribution in [1.82, 2.24) is 0 Å². The zero-order chi connectivity index (χ0) is 10.0. The number of nitrogen functional groups attached to an aromatic ring is 1. The smallest absolute Gasteiger partial charge is 0.339 e. The molecule has 3 nitrogen and oxygen atoms in total. The van der Waals surface area contributed by atoms with Gasteiger partial charge in [0.15, 0.2) is 0 Å². The lowest BCUT2D eigenvalue weighted by Gasteiger charge is -2.05. The molecule has 13 heavy (non-hydrogen) atoms. The van der Waals surface area contributed by atoms with E-state index < -0.39 is 5.97 Å². The third-order valence-electron chi connectivity index (χ3n) is 1.50. The fraction of sp³-hybridized carbons (Fsp3) is 0.125. The molecule has 1 rings (SSSR count). The van der Waals surface area contributed by atoms with Crippen LogP contribution in [0.15, 0.2) is 16.6 Å². The summed E-state index contributed by atoms with van der Waals surface area (Å²) in [6, 6.07) is 3.37. The van der Waals surface area contributed by atoms with Crippen molar-refractivity contribution in [2.24, 2.45) is 0 Å². The summed E-state index contributed by atoms with van der Waals surface area (Å²) in [5, 5.41) is 0. The van der Waals surface area contributed by atoms with Crippen molar-refractivity contribution in [2.45, 2.75) is 0 Å². The first-order valence-electron chi connectivity index (χ1n) is 3.39. The van der Waals surface area contributed by atoms with Gasteiger partial charge >= 0.3 is 5.97 Å². The topological polar surface area (TPSA) is 52.3 Å². The molecule has 0 aliphatic heterocycles. The summed E-state index contributed by atoms with van der Waals surface area (Å²) in [6.07, 6.45) is 0. The first kappa shape index (κ1) is 10.8. The summed E-state index contributed by atoms with van der Waals surface area (Å²) in [5.41, 5.74) is 6.45. The molecule has 0 bridgehead atoms. The fourth-order valence-corrected chi connectivity index (χ4v) is 1.68. The van der Waals surface area contributed by atoms with E-state index in [1.165, 1.54) is 7.11 Å². The Bertz CT molecular complexity index is 354. The van der Waals surface area contributed by atoms with Gasteiger partial charge in [-0.2, -0.15) is 0 Å². The molecule has 1 aromatic carbocycles. The minimum Gasteiger partial charge on any atom is -0.465 e. The normalized spacial score (nSPS) is 9.77. The van der Waals surface area contributed by atoms with E-state index in [0.717, 1.165) is 8.04 Å². The van der Waals surface area contributed by atoms with Crippen LogP contribution >= 0.6 is 38.5 Å². The number of carbonyl (C=O) groups excluding carboxylic acids is 1. The maximum atomic E-state index is 11.2. The Balaban J connectivity index is 3.23. The van der Waals surface area contributed by atoms with Crippen molar-refractivity contribution in [1.29, 1.82) is 0 Å². The molecule has 0 aliphatic rings. The second-order valence-electron chi connectivity index (χ2n) is 2.35. The molecule has 0 radical (unpaired) electrons. The lowest BCUT2D eigenvalue weighted by molar-refractivity contribution is 0.0602. The van der Waals surface area contributed by atoms with Crippen molar-refractivity contribution in [2.75, 3.05) is 12.8 Å². The van der Waals surface area contributed by atoms with Gasteiger partial charge < -0.3 is 10.5 Å². The van der Waals surface area contributed by atoms with Crippen LogP contribution in [0.2, 0.25) is 0 Å². The van der Waals surface area contributed by atoms with Crippen molar-refractivity contribution in [3.05, 3.63) is 25.7 Å². The third kappa shape index (κ3) is 2.34. The van der Waals surface area contributed by atoms with Gasteiger partial charge in [-0.1, -0.05) is 0 Å². The minimum absolute atomic E-state index is 0.384. The van der Waals surface area contributed by atoms with Crippen LogP contribution in [0.5, 0.6) is 0 Å². The second-order valence-corrected chi connectivity index (χ2v) is 4.36. The van der Waals surface area contributed by atoms with Crippen LogP contribution in [-0.4, -0.2) is 13.1 Å². The average Bonchev–Trinajstić information content (AvgIpc) is 2.10. The van der Waals surface area contributed by atoms with Gasteiger partial charge in [0, 0.05) is 13.7 Å². The number of hydrogen-bond acceptors (Lipinski definition) is 3. The van der Waals surface area contributed by atoms with Gasteiger partial charge in [-0.15, -0.1) is 0 Å². The van der Waals surface area contributed by atoms with E-state index in [1.54, 1.807) is 12.1 Å². The quantitative estimate of drug-likeness (QED) is 0.478. The molecule has 70 valence electrons. The molecule has 2 N–H and O–H groups in total. The zero-order valence-corrected chi connectivity index (χ0v) is 10.5. The minimum atomic E-state index is -0.422. The van der Waals surface area contributed by atoms with E-state index in [1.807, 2.05) is 0 Å². The molecule has 0 heterocycles. The van der Waals surface area contributed by atoms with E-state index in [4.69, 9.17) is 5.73 Å². The van der Waals surface area contributed by atoms with Crippen LogP contribution in [0.4, 0.5) is 5.69 Å². The number of ether oxygens (including phenoxy) is 1. The van der Waals surface area contributed by atoms with Gasteiger partial charge in [0.1, 0.15) is 0 Å². The predicted molar refractivity (Wildman–Crippen MR) is 62.6 cm³/mol. The Hall–Kier alpha value is -0.300. The molecule has 0 aliphatic carbocycles. The lowest BCUT2D eigenvalue weighted by atomic mass is 10.2. The van der Waals surface area contributed by atoms with Gasteiger partial charge in [-0.25, -0.2) is 4.79 Å². The zero-order valence-electron chi connectivity index (χ0n) is 6.80. The number of carbonyl (C=O) groups is 1. The molecule has 0 spiro atoms. The van der Waals surface area contributed by atoms with E-state index in [9.17, 15) is 4.79 Å². The Labute approximate surface area is 97.9 Å². The van der Waals surface area contributed by atoms with Crippen LogP contribution in [0.25, 0.3) is 0 Å². The summed E-state index contributed by atoms with van der Waals surface area (Å²) in [6.45, 7) is 0. The Morgan fingerprint density at radius 2 is 2.23 bits per heavy atom. The van der Waals surface area contributed by atoms with Crippen LogP contribution in [0.3, 0.4) is 0 Å². The predicted octanol–water partition coefficient (Wildman–Crippen LogP) is 2.42. The summed E-state index contributed by atoms with van der Waals surface area (Å²) < 4.78 is 6.37. The first-order valence-corrected chi connectivity index (χ1v) is 5.26. The highest BCUT2D eigenvalue weighted by atomic mass is 127. The molecular formula is C8H7BrINO2. The van der Waals surface area contributed by atoms with Crippen LogP contribution in [0.1, 0.15) is 10.4 Å². The fourth-order valence-electron chi connectivity index (χ4n) is 0.849. The molecule has 0 saturated carbocycles. The van der Waals surface area contributed by atoms with Gasteiger partial charge in [-0.3, -0.25) is 0 Å². The SMILES string of the molecule is COC(=O)c1cc(Br)c(I)cc1N. The summed E-state index contributed by atoms with van der Waals surface area (Å²) in [5.74, 6) is -0.422. The summed E-state index contributed by atoms with van der Waals surface area (Å²) in [4.78, 5) is 11.2. The van der Waals surface area contributed by atoms with Crippen molar-refractivity contribution >= 4 is 50.2 Å².